The van der Waals surface area contributed by atoms with Crippen molar-refractivity contribution in [3.05, 3.63) is 0 Å². The molecule has 1 aliphatic heterocycles. The Morgan fingerprint density at radius 1 is 1.28 bits per heavy atom. The van der Waals surface area contributed by atoms with Crippen LogP contribution in [0.25, 0.3) is 0 Å². The first-order valence-corrected chi connectivity index (χ1v) is 6.56. The highest BCUT2D eigenvalue weighted by atomic mass is 16.6. The lowest BCUT2D eigenvalue weighted by molar-refractivity contribution is -0.127. The normalized spacial score (nSPS) is 30.4. The van der Waals surface area contributed by atoms with E-state index in [1.54, 1.807) is 11.9 Å². The highest BCUT2D eigenvalue weighted by Crippen LogP contribution is 2.43. The molecule has 2 rings (SSSR count). The van der Waals surface area contributed by atoms with Gasteiger partial charge in [-0.05, 0) is 46.0 Å². The molecular weight excluding hydrogens is 232 g/mol. The van der Waals surface area contributed by atoms with Gasteiger partial charge in [-0.1, -0.05) is 0 Å². The lowest BCUT2D eigenvalue weighted by atomic mass is 9.98. The SMILES string of the molecule is CNC(=O)C1C2CCC(C2)N1C(=O)OC(C)(C)C. The van der Waals surface area contributed by atoms with Gasteiger partial charge in [0.1, 0.15) is 11.6 Å². The molecule has 0 radical (unpaired) electrons. The number of ether oxygens (including phenoxy) is 1. The molecule has 0 aromatic heterocycles. The van der Waals surface area contributed by atoms with Gasteiger partial charge in [0, 0.05) is 13.1 Å². The van der Waals surface area contributed by atoms with E-state index >= 15 is 0 Å². The molecule has 102 valence electrons. The Hall–Kier alpha value is -1.26. The van der Waals surface area contributed by atoms with Crippen LogP contribution in [-0.2, 0) is 9.53 Å². The van der Waals surface area contributed by atoms with Crippen molar-refractivity contribution in [3.8, 4) is 0 Å². The number of rotatable bonds is 1. The molecule has 18 heavy (non-hydrogen) atoms. The molecule has 1 saturated carbocycles. The lowest BCUT2D eigenvalue weighted by Crippen LogP contribution is -2.53. The number of likely N-dealkylation sites (tertiary alicyclic amines) is 1. The summed E-state index contributed by atoms with van der Waals surface area (Å²) in [6.45, 7) is 5.52. The van der Waals surface area contributed by atoms with Crippen LogP contribution < -0.4 is 5.32 Å². The first kappa shape index (κ1) is 13.2. The largest absolute Gasteiger partial charge is 0.444 e. The topological polar surface area (TPSA) is 58.6 Å². The fraction of sp³-hybridized carbons (Fsp3) is 0.846. The van der Waals surface area contributed by atoms with Gasteiger partial charge in [-0.2, -0.15) is 0 Å². The number of fused-ring (bicyclic) bond motifs is 2. The standard InChI is InChI=1S/C13H22N2O3/c1-13(2,3)18-12(17)15-9-6-5-8(7-9)10(15)11(16)14-4/h8-10H,5-7H2,1-4H3,(H,14,16). The Bertz CT molecular complexity index is 362. The van der Waals surface area contributed by atoms with E-state index in [9.17, 15) is 9.59 Å². The molecule has 0 spiro atoms. The number of amides is 2. The Morgan fingerprint density at radius 2 is 1.94 bits per heavy atom. The van der Waals surface area contributed by atoms with Crippen molar-refractivity contribution in [2.75, 3.05) is 7.05 Å². The molecular formula is C13H22N2O3. The van der Waals surface area contributed by atoms with Gasteiger partial charge in [-0.25, -0.2) is 4.79 Å². The minimum Gasteiger partial charge on any atom is -0.444 e. The number of likely N-dealkylation sites (N-methyl/N-ethyl adjacent to an activating group) is 1. The second-order valence-corrected chi connectivity index (χ2v) is 6.17. The van der Waals surface area contributed by atoms with Crippen LogP contribution in [0.3, 0.4) is 0 Å². The smallest absolute Gasteiger partial charge is 0.411 e. The molecule has 2 fully saturated rings. The Labute approximate surface area is 108 Å². The van der Waals surface area contributed by atoms with Crippen molar-refractivity contribution in [1.82, 2.24) is 10.2 Å². The predicted molar refractivity (Wildman–Crippen MR) is 67.1 cm³/mol. The third-order valence-corrected chi connectivity index (χ3v) is 3.70. The number of nitrogens with one attached hydrogen (secondary N) is 1. The summed E-state index contributed by atoms with van der Waals surface area (Å²) in [5.41, 5.74) is -0.522. The monoisotopic (exact) mass is 254 g/mol. The van der Waals surface area contributed by atoms with E-state index < -0.39 is 5.60 Å². The summed E-state index contributed by atoms with van der Waals surface area (Å²) in [5.74, 6) is 0.218. The van der Waals surface area contributed by atoms with Crippen molar-refractivity contribution >= 4 is 12.0 Å². The van der Waals surface area contributed by atoms with Crippen LogP contribution in [0.1, 0.15) is 40.0 Å². The van der Waals surface area contributed by atoms with Gasteiger partial charge >= 0.3 is 6.09 Å². The maximum Gasteiger partial charge on any atom is 0.411 e. The number of hydrogen-bond donors (Lipinski definition) is 1. The molecule has 1 heterocycles. The van der Waals surface area contributed by atoms with Gasteiger partial charge in [-0.3, -0.25) is 9.69 Å². The summed E-state index contributed by atoms with van der Waals surface area (Å²) in [5, 5.41) is 2.65. The third-order valence-electron chi connectivity index (χ3n) is 3.70. The fourth-order valence-electron chi connectivity index (χ4n) is 3.05. The van der Waals surface area contributed by atoms with Crippen LogP contribution in [0.5, 0.6) is 0 Å². The second kappa shape index (κ2) is 4.44. The van der Waals surface area contributed by atoms with Gasteiger partial charge in [0.15, 0.2) is 0 Å². The molecule has 1 N–H and O–H groups in total. The average Bonchev–Trinajstić information content (AvgIpc) is 2.84. The van der Waals surface area contributed by atoms with Gasteiger partial charge < -0.3 is 10.1 Å². The molecule has 2 aliphatic rings. The first-order chi connectivity index (χ1) is 8.33. The van der Waals surface area contributed by atoms with E-state index in [4.69, 9.17) is 4.74 Å². The number of nitrogens with zero attached hydrogens (tertiary/aromatic N) is 1. The number of carbonyl (C=O) groups excluding carboxylic acids is 2. The van der Waals surface area contributed by atoms with Crippen LogP contribution in [0.15, 0.2) is 0 Å². The molecule has 0 aromatic rings. The Kier molecular flexibility index (Phi) is 3.25. The van der Waals surface area contributed by atoms with Gasteiger partial charge in [0.2, 0.25) is 5.91 Å². The summed E-state index contributed by atoms with van der Waals surface area (Å²) in [4.78, 5) is 25.8. The number of piperidine rings is 1. The molecule has 5 heteroatoms. The maximum absolute atomic E-state index is 12.2. The molecule has 3 unspecified atom stereocenters. The van der Waals surface area contributed by atoms with Gasteiger partial charge in [0.05, 0.1) is 0 Å². The molecule has 2 amide bonds. The maximum atomic E-state index is 12.2. The molecule has 1 saturated heterocycles. The lowest BCUT2D eigenvalue weighted by Gasteiger charge is -2.35. The zero-order valence-electron chi connectivity index (χ0n) is 11.5. The highest BCUT2D eigenvalue weighted by Gasteiger charge is 2.52. The molecule has 2 bridgehead atoms. The van der Waals surface area contributed by atoms with E-state index in [2.05, 4.69) is 5.32 Å². The highest BCUT2D eigenvalue weighted by molar-refractivity contribution is 5.87. The second-order valence-electron chi connectivity index (χ2n) is 6.17. The van der Waals surface area contributed by atoms with E-state index in [0.29, 0.717) is 5.92 Å². The molecule has 5 nitrogen and oxygen atoms in total. The summed E-state index contributed by atoms with van der Waals surface area (Å²) < 4.78 is 5.41. The number of carbonyl (C=O) groups is 2. The minimum atomic E-state index is -0.522. The van der Waals surface area contributed by atoms with Gasteiger partial charge in [0.25, 0.3) is 0 Å². The van der Waals surface area contributed by atoms with Crippen LogP contribution in [0.2, 0.25) is 0 Å². The quantitative estimate of drug-likeness (QED) is 0.772. The first-order valence-electron chi connectivity index (χ1n) is 6.56. The zero-order chi connectivity index (χ0) is 13.5. The summed E-state index contributed by atoms with van der Waals surface area (Å²) in [6, 6.07) is -0.171. The fourth-order valence-corrected chi connectivity index (χ4v) is 3.05. The Balaban J connectivity index is 2.14. The van der Waals surface area contributed by atoms with Crippen molar-refractivity contribution in [2.45, 2.75) is 57.7 Å². The van der Waals surface area contributed by atoms with E-state index in [1.807, 2.05) is 20.8 Å². The number of hydrogen-bond acceptors (Lipinski definition) is 3. The van der Waals surface area contributed by atoms with Crippen molar-refractivity contribution in [2.24, 2.45) is 5.92 Å². The average molecular weight is 254 g/mol. The van der Waals surface area contributed by atoms with E-state index in [1.165, 1.54) is 0 Å². The minimum absolute atomic E-state index is 0.0759. The van der Waals surface area contributed by atoms with Crippen LogP contribution in [-0.4, -0.2) is 41.6 Å². The van der Waals surface area contributed by atoms with E-state index in [0.717, 1.165) is 19.3 Å². The van der Waals surface area contributed by atoms with E-state index in [-0.39, 0.29) is 24.1 Å². The molecule has 3 atom stereocenters. The van der Waals surface area contributed by atoms with Crippen LogP contribution >= 0.6 is 0 Å². The third kappa shape index (κ3) is 2.31. The summed E-state index contributed by atoms with van der Waals surface area (Å²) in [7, 11) is 1.61. The molecule has 0 aromatic carbocycles. The van der Waals surface area contributed by atoms with Gasteiger partial charge in [-0.15, -0.1) is 0 Å². The van der Waals surface area contributed by atoms with Crippen molar-refractivity contribution in [3.63, 3.8) is 0 Å². The zero-order valence-corrected chi connectivity index (χ0v) is 11.5. The van der Waals surface area contributed by atoms with Crippen LogP contribution in [0, 0.1) is 5.92 Å². The summed E-state index contributed by atoms with van der Waals surface area (Å²) in [6.07, 6.45) is 2.58. The van der Waals surface area contributed by atoms with Crippen LogP contribution in [0.4, 0.5) is 4.79 Å². The van der Waals surface area contributed by atoms with Crippen molar-refractivity contribution < 1.29 is 14.3 Å². The summed E-state index contributed by atoms with van der Waals surface area (Å²) >= 11 is 0. The predicted octanol–water partition coefficient (Wildman–Crippen LogP) is 1.52. The Morgan fingerprint density at radius 3 is 2.50 bits per heavy atom. The van der Waals surface area contributed by atoms with Crippen molar-refractivity contribution in [1.29, 1.82) is 0 Å². The molecule has 1 aliphatic carbocycles.